The van der Waals surface area contributed by atoms with Gasteiger partial charge in [0.1, 0.15) is 12.4 Å². The summed E-state index contributed by atoms with van der Waals surface area (Å²) in [6, 6.07) is 8.10. The molecule has 0 aromatic heterocycles. The first-order chi connectivity index (χ1) is 10.7. The van der Waals surface area contributed by atoms with Crippen molar-refractivity contribution in [2.45, 2.75) is 13.3 Å². The molecule has 1 heterocycles. The van der Waals surface area contributed by atoms with Gasteiger partial charge in [-0.25, -0.2) is 0 Å². The van der Waals surface area contributed by atoms with Crippen molar-refractivity contribution in [3.8, 4) is 5.75 Å². The molecule has 1 aromatic rings. The summed E-state index contributed by atoms with van der Waals surface area (Å²) in [5.41, 5.74) is 1.24. The zero-order chi connectivity index (χ0) is 15.8. The molecule has 0 amide bonds. The van der Waals surface area contributed by atoms with Crippen LogP contribution >= 0.6 is 0 Å². The second-order valence-corrected chi connectivity index (χ2v) is 5.75. The summed E-state index contributed by atoms with van der Waals surface area (Å²) in [5.74, 6) is 2.41. The Balaban J connectivity index is 1.68. The molecule has 122 valence electrons. The van der Waals surface area contributed by atoms with E-state index in [1.54, 1.807) is 0 Å². The van der Waals surface area contributed by atoms with Crippen LogP contribution in [0.3, 0.4) is 0 Å². The van der Waals surface area contributed by atoms with Gasteiger partial charge in [0.25, 0.3) is 0 Å². The normalized spacial score (nSPS) is 18.3. The van der Waals surface area contributed by atoms with Crippen molar-refractivity contribution in [1.29, 1.82) is 0 Å². The monoisotopic (exact) mass is 305 g/mol. The van der Waals surface area contributed by atoms with E-state index < -0.39 is 0 Å². The van der Waals surface area contributed by atoms with E-state index in [0.29, 0.717) is 12.5 Å². The Labute approximate surface area is 133 Å². The SMILES string of the molecule is CN=C(NCCOc1ccc(C)cc1)N(C)CC1CCOC1. The molecule has 1 unspecified atom stereocenters. The van der Waals surface area contributed by atoms with Crippen molar-refractivity contribution in [2.75, 3.05) is 47.0 Å². The van der Waals surface area contributed by atoms with Crippen LogP contribution < -0.4 is 10.1 Å². The molecule has 0 bridgehead atoms. The fourth-order valence-corrected chi connectivity index (χ4v) is 2.55. The molecular formula is C17H27N3O2. The van der Waals surface area contributed by atoms with Crippen LogP contribution in [0.4, 0.5) is 0 Å². The van der Waals surface area contributed by atoms with Gasteiger partial charge >= 0.3 is 0 Å². The van der Waals surface area contributed by atoms with Gasteiger partial charge in [-0.2, -0.15) is 0 Å². The minimum atomic E-state index is 0.604. The maximum atomic E-state index is 5.71. The van der Waals surface area contributed by atoms with E-state index >= 15 is 0 Å². The maximum Gasteiger partial charge on any atom is 0.193 e. The van der Waals surface area contributed by atoms with Gasteiger partial charge in [0.05, 0.1) is 13.2 Å². The smallest absolute Gasteiger partial charge is 0.193 e. The molecule has 1 aromatic carbocycles. The van der Waals surface area contributed by atoms with Crippen LogP contribution in [0.1, 0.15) is 12.0 Å². The lowest BCUT2D eigenvalue weighted by Crippen LogP contribution is -2.42. The Kier molecular flexibility index (Phi) is 6.52. The van der Waals surface area contributed by atoms with Crippen molar-refractivity contribution in [2.24, 2.45) is 10.9 Å². The molecule has 2 rings (SSSR count). The summed E-state index contributed by atoms with van der Waals surface area (Å²) in [5, 5.41) is 3.33. The molecule has 1 fully saturated rings. The zero-order valence-corrected chi connectivity index (χ0v) is 13.8. The van der Waals surface area contributed by atoms with E-state index in [1.807, 2.05) is 19.2 Å². The third-order valence-corrected chi connectivity index (χ3v) is 3.80. The van der Waals surface area contributed by atoms with Crippen molar-refractivity contribution < 1.29 is 9.47 Å². The highest BCUT2D eigenvalue weighted by Gasteiger charge is 2.18. The lowest BCUT2D eigenvalue weighted by atomic mass is 10.1. The lowest BCUT2D eigenvalue weighted by molar-refractivity contribution is 0.181. The highest BCUT2D eigenvalue weighted by atomic mass is 16.5. The van der Waals surface area contributed by atoms with Crippen molar-refractivity contribution in [1.82, 2.24) is 10.2 Å². The second kappa shape index (κ2) is 8.63. The fraction of sp³-hybridized carbons (Fsp3) is 0.588. The van der Waals surface area contributed by atoms with Gasteiger partial charge in [-0.15, -0.1) is 0 Å². The van der Waals surface area contributed by atoms with Gasteiger partial charge in [-0.05, 0) is 25.5 Å². The lowest BCUT2D eigenvalue weighted by Gasteiger charge is -2.24. The van der Waals surface area contributed by atoms with Crippen LogP contribution in [0.25, 0.3) is 0 Å². The van der Waals surface area contributed by atoms with Gasteiger partial charge in [0, 0.05) is 33.2 Å². The minimum Gasteiger partial charge on any atom is -0.492 e. The van der Waals surface area contributed by atoms with E-state index in [4.69, 9.17) is 9.47 Å². The molecule has 1 saturated heterocycles. The number of aryl methyl sites for hydroxylation is 1. The standard InChI is InChI=1S/C17H27N3O2/c1-14-4-6-16(7-5-14)22-11-9-19-17(18-2)20(3)12-15-8-10-21-13-15/h4-7,15H,8-13H2,1-3H3,(H,18,19). The number of guanidine groups is 1. The summed E-state index contributed by atoms with van der Waals surface area (Å²) in [6.45, 7) is 6.13. The van der Waals surface area contributed by atoms with E-state index in [-0.39, 0.29) is 0 Å². The van der Waals surface area contributed by atoms with Crippen molar-refractivity contribution in [3.05, 3.63) is 29.8 Å². The summed E-state index contributed by atoms with van der Waals surface area (Å²) in [4.78, 5) is 6.48. The first-order valence-corrected chi connectivity index (χ1v) is 7.88. The summed E-state index contributed by atoms with van der Waals surface area (Å²) < 4.78 is 11.1. The highest BCUT2D eigenvalue weighted by Crippen LogP contribution is 2.13. The molecule has 0 radical (unpaired) electrons. The Morgan fingerprint density at radius 2 is 2.18 bits per heavy atom. The molecule has 0 saturated carbocycles. The summed E-state index contributed by atoms with van der Waals surface area (Å²) >= 11 is 0. The molecule has 1 aliphatic rings. The van der Waals surface area contributed by atoms with Crippen LogP contribution in [0, 0.1) is 12.8 Å². The Bertz CT molecular complexity index is 467. The molecule has 1 aliphatic heterocycles. The topological polar surface area (TPSA) is 46.1 Å². The van der Waals surface area contributed by atoms with Crippen LogP contribution in [0.5, 0.6) is 5.75 Å². The fourth-order valence-electron chi connectivity index (χ4n) is 2.55. The number of aliphatic imine (C=N–C) groups is 1. The average Bonchev–Trinajstić information content (AvgIpc) is 3.02. The third-order valence-electron chi connectivity index (χ3n) is 3.80. The predicted molar refractivity (Wildman–Crippen MR) is 89.6 cm³/mol. The quantitative estimate of drug-likeness (QED) is 0.495. The molecule has 1 N–H and O–H groups in total. The number of benzene rings is 1. The zero-order valence-electron chi connectivity index (χ0n) is 13.8. The second-order valence-electron chi connectivity index (χ2n) is 5.75. The van der Waals surface area contributed by atoms with Gasteiger partial charge in [-0.1, -0.05) is 17.7 Å². The first kappa shape index (κ1) is 16.6. The van der Waals surface area contributed by atoms with Crippen molar-refractivity contribution >= 4 is 5.96 Å². The minimum absolute atomic E-state index is 0.604. The summed E-state index contributed by atoms with van der Waals surface area (Å²) in [7, 11) is 3.87. The number of hydrogen-bond acceptors (Lipinski definition) is 3. The molecule has 5 nitrogen and oxygen atoms in total. The van der Waals surface area contributed by atoms with Crippen molar-refractivity contribution in [3.63, 3.8) is 0 Å². The molecule has 1 atom stereocenters. The molecule has 0 spiro atoms. The summed E-state index contributed by atoms with van der Waals surface area (Å²) in [6.07, 6.45) is 1.14. The average molecular weight is 305 g/mol. The maximum absolute atomic E-state index is 5.71. The molecule has 5 heteroatoms. The van der Waals surface area contributed by atoms with E-state index in [1.165, 1.54) is 5.56 Å². The number of ether oxygens (including phenoxy) is 2. The number of rotatable bonds is 6. The third kappa shape index (κ3) is 5.22. The van der Waals surface area contributed by atoms with Crippen LogP contribution in [0.15, 0.2) is 29.3 Å². The Morgan fingerprint density at radius 3 is 2.82 bits per heavy atom. The van der Waals surface area contributed by atoms with Crippen LogP contribution in [0.2, 0.25) is 0 Å². The van der Waals surface area contributed by atoms with E-state index in [9.17, 15) is 0 Å². The molecule has 0 aliphatic carbocycles. The predicted octanol–water partition coefficient (Wildman–Crippen LogP) is 1.92. The van der Waals surface area contributed by atoms with Gasteiger partial charge in [-0.3, -0.25) is 4.99 Å². The van der Waals surface area contributed by atoms with Gasteiger partial charge in [0.15, 0.2) is 5.96 Å². The molecule has 22 heavy (non-hydrogen) atoms. The molecular weight excluding hydrogens is 278 g/mol. The Hall–Kier alpha value is -1.75. The van der Waals surface area contributed by atoms with Gasteiger partial charge in [0.2, 0.25) is 0 Å². The van der Waals surface area contributed by atoms with Crippen LogP contribution in [-0.2, 0) is 4.74 Å². The first-order valence-electron chi connectivity index (χ1n) is 7.88. The van der Waals surface area contributed by atoms with Crippen LogP contribution in [-0.4, -0.2) is 57.9 Å². The number of nitrogens with zero attached hydrogens (tertiary/aromatic N) is 2. The van der Waals surface area contributed by atoms with Gasteiger partial charge < -0.3 is 19.7 Å². The number of nitrogens with one attached hydrogen (secondary N) is 1. The van der Waals surface area contributed by atoms with E-state index in [2.05, 4.69) is 41.3 Å². The largest absolute Gasteiger partial charge is 0.492 e. The van der Waals surface area contributed by atoms with E-state index in [0.717, 1.165) is 44.4 Å². The number of hydrogen-bond donors (Lipinski definition) is 1. The highest BCUT2D eigenvalue weighted by molar-refractivity contribution is 5.79. The Morgan fingerprint density at radius 1 is 1.41 bits per heavy atom.